The molecule has 0 radical (unpaired) electrons. The number of hydrogen-bond acceptors (Lipinski definition) is 4. The second kappa shape index (κ2) is 3.62. The highest BCUT2D eigenvalue weighted by atomic mass is 15.3. The third-order valence-electron chi connectivity index (χ3n) is 2.61. The van der Waals surface area contributed by atoms with Crippen molar-refractivity contribution in [2.75, 3.05) is 11.4 Å². The SMILES string of the molecule is CC1CCCN1c1ccc(C#N)nn1. The number of nitrogens with zero attached hydrogens (tertiary/aromatic N) is 4. The molecular formula is C10H12N4. The minimum Gasteiger partial charge on any atom is -0.352 e. The summed E-state index contributed by atoms with van der Waals surface area (Å²) >= 11 is 0. The van der Waals surface area contributed by atoms with Crippen LogP contribution in [0, 0.1) is 11.3 Å². The fourth-order valence-corrected chi connectivity index (χ4v) is 1.81. The highest BCUT2D eigenvalue weighted by molar-refractivity contribution is 5.41. The Bertz CT molecular complexity index is 351. The van der Waals surface area contributed by atoms with Gasteiger partial charge < -0.3 is 4.90 Å². The van der Waals surface area contributed by atoms with Gasteiger partial charge in [0.05, 0.1) is 0 Å². The third kappa shape index (κ3) is 1.53. The maximum atomic E-state index is 8.58. The molecule has 1 saturated heterocycles. The molecule has 1 aliphatic heterocycles. The largest absolute Gasteiger partial charge is 0.352 e. The Hall–Kier alpha value is -1.63. The summed E-state index contributed by atoms with van der Waals surface area (Å²) in [5.74, 6) is 0.883. The summed E-state index contributed by atoms with van der Waals surface area (Å²) in [6.45, 7) is 3.23. The zero-order valence-corrected chi connectivity index (χ0v) is 8.14. The summed E-state index contributed by atoms with van der Waals surface area (Å²) < 4.78 is 0. The van der Waals surface area contributed by atoms with Crippen molar-refractivity contribution in [1.29, 1.82) is 5.26 Å². The van der Waals surface area contributed by atoms with Gasteiger partial charge in [-0.3, -0.25) is 0 Å². The van der Waals surface area contributed by atoms with Crippen LogP contribution < -0.4 is 4.90 Å². The van der Waals surface area contributed by atoms with Crippen LogP contribution in [-0.2, 0) is 0 Å². The number of hydrogen-bond donors (Lipinski definition) is 0. The van der Waals surface area contributed by atoms with Gasteiger partial charge in [0, 0.05) is 12.6 Å². The summed E-state index contributed by atoms with van der Waals surface area (Å²) in [5, 5.41) is 16.4. The summed E-state index contributed by atoms with van der Waals surface area (Å²) in [7, 11) is 0. The Morgan fingerprint density at radius 2 is 2.36 bits per heavy atom. The van der Waals surface area contributed by atoms with E-state index >= 15 is 0 Å². The van der Waals surface area contributed by atoms with Crippen molar-refractivity contribution in [2.45, 2.75) is 25.8 Å². The van der Waals surface area contributed by atoms with Crippen molar-refractivity contribution in [3.63, 3.8) is 0 Å². The van der Waals surface area contributed by atoms with E-state index in [0.717, 1.165) is 12.4 Å². The lowest BCUT2D eigenvalue weighted by molar-refractivity contribution is 0.720. The Morgan fingerprint density at radius 1 is 1.50 bits per heavy atom. The summed E-state index contributed by atoms with van der Waals surface area (Å²) in [4.78, 5) is 2.23. The molecule has 1 aromatic heterocycles. The van der Waals surface area contributed by atoms with Gasteiger partial charge in [-0.15, -0.1) is 10.2 Å². The zero-order valence-electron chi connectivity index (χ0n) is 8.14. The maximum absolute atomic E-state index is 8.58. The van der Waals surface area contributed by atoms with Gasteiger partial charge in [0.1, 0.15) is 6.07 Å². The number of nitriles is 1. The van der Waals surface area contributed by atoms with E-state index < -0.39 is 0 Å². The van der Waals surface area contributed by atoms with E-state index in [1.807, 2.05) is 12.1 Å². The average Bonchev–Trinajstić information content (AvgIpc) is 2.65. The molecule has 0 saturated carbocycles. The molecule has 14 heavy (non-hydrogen) atoms. The van der Waals surface area contributed by atoms with Gasteiger partial charge >= 0.3 is 0 Å². The first-order chi connectivity index (χ1) is 6.81. The molecule has 2 heterocycles. The maximum Gasteiger partial charge on any atom is 0.163 e. The number of rotatable bonds is 1. The van der Waals surface area contributed by atoms with Gasteiger partial charge in [-0.2, -0.15) is 5.26 Å². The summed E-state index contributed by atoms with van der Waals surface area (Å²) in [5.41, 5.74) is 0.376. The normalized spacial score (nSPS) is 20.9. The molecule has 0 bridgehead atoms. The van der Waals surface area contributed by atoms with E-state index in [2.05, 4.69) is 22.0 Å². The quantitative estimate of drug-likeness (QED) is 0.667. The molecule has 1 fully saturated rings. The van der Waals surface area contributed by atoms with Gasteiger partial charge in [-0.25, -0.2) is 0 Å². The van der Waals surface area contributed by atoms with Crippen molar-refractivity contribution in [3.05, 3.63) is 17.8 Å². The van der Waals surface area contributed by atoms with Crippen LogP contribution in [0.15, 0.2) is 12.1 Å². The zero-order chi connectivity index (χ0) is 9.97. The molecule has 2 rings (SSSR count). The van der Waals surface area contributed by atoms with E-state index in [1.165, 1.54) is 12.8 Å². The van der Waals surface area contributed by atoms with Crippen LogP contribution in [0.5, 0.6) is 0 Å². The monoisotopic (exact) mass is 188 g/mol. The van der Waals surface area contributed by atoms with Gasteiger partial charge in [-0.1, -0.05) is 0 Å². The van der Waals surface area contributed by atoms with Crippen LogP contribution in [0.2, 0.25) is 0 Å². The summed E-state index contributed by atoms with van der Waals surface area (Å²) in [6, 6.07) is 6.09. The van der Waals surface area contributed by atoms with Gasteiger partial charge in [0.2, 0.25) is 0 Å². The lowest BCUT2D eigenvalue weighted by atomic mass is 10.2. The van der Waals surface area contributed by atoms with Crippen LogP contribution >= 0.6 is 0 Å². The molecule has 1 aromatic rings. The number of aromatic nitrogens is 2. The molecule has 4 heteroatoms. The topological polar surface area (TPSA) is 52.8 Å². The van der Waals surface area contributed by atoms with E-state index in [1.54, 1.807) is 6.07 Å². The fraction of sp³-hybridized carbons (Fsp3) is 0.500. The van der Waals surface area contributed by atoms with Crippen molar-refractivity contribution >= 4 is 5.82 Å². The lowest BCUT2D eigenvalue weighted by Gasteiger charge is -2.21. The Kier molecular flexibility index (Phi) is 2.32. The molecule has 72 valence electrons. The van der Waals surface area contributed by atoms with Gasteiger partial charge in [0.15, 0.2) is 11.5 Å². The first-order valence-corrected chi connectivity index (χ1v) is 4.82. The van der Waals surface area contributed by atoms with E-state index in [4.69, 9.17) is 5.26 Å². The standard InChI is InChI=1S/C10H12N4/c1-8-3-2-6-14(8)10-5-4-9(7-11)12-13-10/h4-5,8H,2-3,6H2,1H3. The first-order valence-electron chi connectivity index (χ1n) is 4.82. The molecule has 1 unspecified atom stereocenters. The Labute approximate surface area is 83.2 Å². The average molecular weight is 188 g/mol. The van der Waals surface area contributed by atoms with E-state index in [-0.39, 0.29) is 0 Å². The minimum atomic E-state index is 0.376. The lowest BCUT2D eigenvalue weighted by Crippen LogP contribution is -2.27. The van der Waals surface area contributed by atoms with Crippen LogP contribution in [-0.4, -0.2) is 22.8 Å². The molecule has 4 nitrogen and oxygen atoms in total. The van der Waals surface area contributed by atoms with Gasteiger partial charge in [-0.05, 0) is 31.9 Å². The van der Waals surface area contributed by atoms with E-state index in [9.17, 15) is 0 Å². The van der Waals surface area contributed by atoms with Crippen molar-refractivity contribution in [3.8, 4) is 6.07 Å². The van der Waals surface area contributed by atoms with Crippen LogP contribution in [0.3, 0.4) is 0 Å². The number of anilines is 1. The predicted octanol–water partition coefficient (Wildman–Crippen LogP) is 1.34. The molecular weight excluding hydrogens is 176 g/mol. The molecule has 0 aromatic carbocycles. The van der Waals surface area contributed by atoms with Crippen LogP contribution in [0.4, 0.5) is 5.82 Å². The first kappa shape index (κ1) is 8.95. The van der Waals surface area contributed by atoms with Crippen LogP contribution in [0.1, 0.15) is 25.5 Å². The Morgan fingerprint density at radius 3 is 2.86 bits per heavy atom. The molecule has 0 spiro atoms. The summed E-state index contributed by atoms with van der Waals surface area (Å²) in [6.07, 6.45) is 2.42. The smallest absolute Gasteiger partial charge is 0.163 e. The fourth-order valence-electron chi connectivity index (χ4n) is 1.81. The van der Waals surface area contributed by atoms with Gasteiger partial charge in [0.25, 0.3) is 0 Å². The molecule has 1 aliphatic rings. The van der Waals surface area contributed by atoms with Crippen molar-refractivity contribution in [1.82, 2.24) is 10.2 Å². The highest BCUT2D eigenvalue weighted by Crippen LogP contribution is 2.22. The molecule has 0 aliphatic carbocycles. The second-order valence-corrected chi connectivity index (χ2v) is 3.57. The minimum absolute atomic E-state index is 0.376. The second-order valence-electron chi connectivity index (χ2n) is 3.57. The van der Waals surface area contributed by atoms with Crippen molar-refractivity contribution in [2.24, 2.45) is 0 Å². The van der Waals surface area contributed by atoms with Crippen LogP contribution in [0.25, 0.3) is 0 Å². The third-order valence-corrected chi connectivity index (χ3v) is 2.61. The predicted molar refractivity (Wildman–Crippen MR) is 52.8 cm³/mol. The molecule has 0 N–H and O–H groups in total. The molecule has 1 atom stereocenters. The van der Waals surface area contributed by atoms with E-state index in [0.29, 0.717) is 11.7 Å². The highest BCUT2D eigenvalue weighted by Gasteiger charge is 2.21. The molecule has 0 amide bonds. The van der Waals surface area contributed by atoms with Crippen molar-refractivity contribution < 1.29 is 0 Å². The Balaban J connectivity index is 2.21.